The van der Waals surface area contributed by atoms with Crippen LogP contribution in [0.2, 0.25) is 0 Å². The van der Waals surface area contributed by atoms with Gasteiger partial charge in [-0.3, -0.25) is 24.4 Å². The normalized spacial score (nSPS) is 28.2. The van der Waals surface area contributed by atoms with Crippen molar-refractivity contribution in [1.29, 1.82) is 0 Å². The van der Waals surface area contributed by atoms with Crippen LogP contribution in [0.5, 0.6) is 0 Å². The van der Waals surface area contributed by atoms with Crippen molar-refractivity contribution in [3.8, 4) is 0 Å². The maximum atomic E-state index is 12.7. The number of carbonyl (C=O) groups is 2. The highest BCUT2D eigenvalue weighted by atomic mass is 127. The van der Waals surface area contributed by atoms with E-state index in [1.165, 1.54) is 4.90 Å². The molecule has 0 spiro atoms. The molecular formula is C22H38IN5O2. The predicted octanol–water partition coefficient (Wildman–Crippen LogP) is 2.09. The van der Waals surface area contributed by atoms with Gasteiger partial charge in [-0.15, -0.1) is 24.0 Å². The summed E-state index contributed by atoms with van der Waals surface area (Å²) in [6.07, 6.45) is 5.99. The van der Waals surface area contributed by atoms with E-state index in [4.69, 9.17) is 4.99 Å². The molecule has 3 aliphatic rings. The van der Waals surface area contributed by atoms with Gasteiger partial charge in [0.15, 0.2) is 5.96 Å². The molecule has 5 atom stereocenters. The zero-order valence-electron chi connectivity index (χ0n) is 18.8. The summed E-state index contributed by atoms with van der Waals surface area (Å²) in [6.45, 7) is 13.3. The van der Waals surface area contributed by atoms with Crippen LogP contribution in [-0.4, -0.2) is 72.9 Å². The molecule has 2 fully saturated rings. The lowest BCUT2D eigenvalue weighted by Gasteiger charge is -2.25. The summed E-state index contributed by atoms with van der Waals surface area (Å²) >= 11 is 0. The summed E-state index contributed by atoms with van der Waals surface area (Å²) in [6, 6.07) is 0.392. The molecule has 2 bridgehead atoms. The van der Waals surface area contributed by atoms with Gasteiger partial charge in [-0.2, -0.15) is 0 Å². The summed E-state index contributed by atoms with van der Waals surface area (Å²) < 4.78 is 0. The number of amides is 2. The first-order valence-corrected chi connectivity index (χ1v) is 11.3. The van der Waals surface area contributed by atoms with E-state index >= 15 is 0 Å². The number of hydrogen-bond donors (Lipinski definition) is 2. The topological polar surface area (TPSA) is 77.0 Å². The number of imide groups is 1. The van der Waals surface area contributed by atoms with Crippen LogP contribution in [0.15, 0.2) is 17.1 Å². The Balaban J connectivity index is 0.00000320. The molecule has 0 radical (unpaired) electrons. The van der Waals surface area contributed by atoms with Crippen LogP contribution in [0.3, 0.4) is 0 Å². The number of likely N-dealkylation sites (N-methyl/N-ethyl adjacent to an activating group) is 1. The number of likely N-dealkylation sites (tertiary alicyclic amines) is 1. The van der Waals surface area contributed by atoms with Gasteiger partial charge >= 0.3 is 0 Å². The third-order valence-electron chi connectivity index (χ3n) is 6.71. The van der Waals surface area contributed by atoms with Crippen LogP contribution in [0, 0.1) is 23.7 Å². The van der Waals surface area contributed by atoms with Gasteiger partial charge in [0, 0.05) is 25.7 Å². The summed E-state index contributed by atoms with van der Waals surface area (Å²) in [7, 11) is 0. The van der Waals surface area contributed by atoms with Gasteiger partial charge in [-0.05, 0) is 51.6 Å². The van der Waals surface area contributed by atoms with Crippen molar-refractivity contribution in [1.82, 2.24) is 20.4 Å². The molecule has 30 heavy (non-hydrogen) atoms. The number of fused-ring (bicyclic) bond motifs is 5. The number of carbonyl (C=O) groups excluding carboxylic acids is 2. The maximum Gasteiger partial charge on any atom is 0.233 e. The van der Waals surface area contributed by atoms with Gasteiger partial charge in [0.25, 0.3) is 0 Å². The Labute approximate surface area is 198 Å². The van der Waals surface area contributed by atoms with Crippen molar-refractivity contribution in [3.63, 3.8) is 0 Å². The summed E-state index contributed by atoms with van der Waals surface area (Å²) in [5, 5.41) is 6.62. The van der Waals surface area contributed by atoms with E-state index in [0.717, 1.165) is 45.0 Å². The summed E-state index contributed by atoms with van der Waals surface area (Å²) in [4.78, 5) is 34.0. The number of halogens is 1. The van der Waals surface area contributed by atoms with Gasteiger partial charge in [0.2, 0.25) is 11.8 Å². The first kappa shape index (κ1) is 25.1. The zero-order chi connectivity index (χ0) is 21.0. The smallest absolute Gasteiger partial charge is 0.233 e. The van der Waals surface area contributed by atoms with E-state index < -0.39 is 0 Å². The van der Waals surface area contributed by atoms with Crippen LogP contribution < -0.4 is 10.6 Å². The van der Waals surface area contributed by atoms with Crippen molar-refractivity contribution in [2.24, 2.45) is 28.7 Å². The highest BCUT2D eigenvalue weighted by molar-refractivity contribution is 14.0. The Morgan fingerprint density at radius 1 is 1.13 bits per heavy atom. The van der Waals surface area contributed by atoms with Gasteiger partial charge in [-0.25, -0.2) is 0 Å². The molecule has 2 aliphatic carbocycles. The van der Waals surface area contributed by atoms with Crippen molar-refractivity contribution >= 4 is 41.8 Å². The number of aliphatic imine (C=N–C) groups is 1. The fourth-order valence-corrected chi connectivity index (χ4v) is 5.16. The molecule has 0 aromatic rings. The van der Waals surface area contributed by atoms with Gasteiger partial charge in [-0.1, -0.05) is 26.0 Å². The minimum absolute atomic E-state index is 0. The molecule has 5 unspecified atom stereocenters. The third-order valence-corrected chi connectivity index (χ3v) is 6.71. The van der Waals surface area contributed by atoms with Gasteiger partial charge < -0.3 is 10.6 Å². The largest absolute Gasteiger partial charge is 0.357 e. The van der Waals surface area contributed by atoms with Crippen LogP contribution in [0.1, 0.15) is 40.5 Å². The van der Waals surface area contributed by atoms with Crippen molar-refractivity contribution < 1.29 is 9.59 Å². The van der Waals surface area contributed by atoms with E-state index in [0.29, 0.717) is 19.1 Å². The quantitative estimate of drug-likeness (QED) is 0.113. The Morgan fingerprint density at radius 3 is 2.27 bits per heavy atom. The molecule has 1 saturated carbocycles. The second-order valence-corrected chi connectivity index (χ2v) is 8.40. The Kier molecular flexibility index (Phi) is 9.59. The molecule has 2 amide bonds. The minimum atomic E-state index is -0.0918. The highest BCUT2D eigenvalue weighted by Crippen LogP contribution is 2.52. The lowest BCUT2D eigenvalue weighted by Crippen LogP contribution is -2.41. The SMILES string of the molecule is CCNC(=NCC(C)N(CC)CC)NCCCN1C(=O)C2C3C=CC(C3)C2C1=O.I. The summed E-state index contributed by atoms with van der Waals surface area (Å²) in [5.41, 5.74) is 0. The molecule has 2 N–H and O–H groups in total. The molecule has 0 aromatic heterocycles. The van der Waals surface area contributed by atoms with Crippen molar-refractivity contribution in [2.45, 2.75) is 46.6 Å². The Bertz CT molecular complexity index is 634. The third kappa shape index (κ3) is 5.18. The number of guanidine groups is 1. The zero-order valence-corrected chi connectivity index (χ0v) is 21.1. The molecule has 170 valence electrons. The number of hydrogen-bond acceptors (Lipinski definition) is 4. The number of rotatable bonds is 10. The molecule has 7 nitrogen and oxygen atoms in total. The molecular weight excluding hydrogens is 493 g/mol. The highest BCUT2D eigenvalue weighted by Gasteiger charge is 2.58. The molecule has 0 aromatic carbocycles. The lowest BCUT2D eigenvalue weighted by atomic mass is 9.85. The summed E-state index contributed by atoms with van der Waals surface area (Å²) in [5.74, 6) is 1.27. The van der Waals surface area contributed by atoms with Crippen molar-refractivity contribution in [2.75, 3.05) is 39.3 Å². The lowest BCUT2D eigenvalue weighted by molar-refractivity contribution is -0.140. The molecule has 3 rings (SSSR count). The average Bonchev–Trinajstić information content (AvgIpc) is 3.39. The number of nitrogens with one attached hydrogen (secondary N) is 2. The maximum absolute atomic E-state index is 12.7. The second kappa shape index (κ2) is 11.5. The number of allylic oxidation sites excluding steroid dienone is 2. The Hall–Kier alpha value is -1.16. The Morgan fingerprint density at radius 2 is 1.73 bits per heavy atom. The van der Waals surface area contributed by atoms with E-state index in [-0.39, 0.29) is 59.5 Å². The van der Waals surface area contributed by atoms with E-state index in [1.807, 2.05) is 6.92 Å². The molecule has 8 heteroatoms. The average molecular weight is 531 g/mol. The minimum Gasteiger partial charge on any atom is -0.357 e. The fraction of sp³-hybridized carbons (Fsp3) is 0.773. The van der Waals surface area contributed by atoms with E-state index in [9.17, 15) is 9.59 Å². The molecule has 1 saturated heterocycles. The second-order valence-electron chi connectivity index (χ2n) is 8.40. The first-order valence-electron chi connectivity index (χ1n) is 11.3. The van der Waals surface area contributed by atoms with E-state index in [1.54, 1.807) is 0 Å². The van der Waals surface area contributed by atoms with Crippen molar-refractivity contribution in [3.05, 3.63) is 12.2 Å². The fourth-order valence-electron chi connectivity index (χ4n) is 5.16. The van der Waals surface area contributed by atoms with Gasteiger partial charge in [0.1, 0.15) is 0 Å². The number of nitrogens with zero attached hydrogens (tertiary/aromatic N) is 3. The standard InChI is InChI=1S/C22H37N5O2.HI/c1-5-23-22(25-14-15(4)26(6-2)7-3)24-11-8-12-27-20(28)18-16-9-10-17(13-16)19(18)21(27)29;/h9-10,15-19H,5-8,11-14H2,1-4H3,(H2,23,24,25);1H. The predicted molar refractivity (Wildman–Crippen MR) is 131 cm³/mol. The van der Waals surface area contributed by atoms with Crippen LogP contribution >= 0.6 is 24.0 Å². The molecule has 1 heterocycles. The first-order chi connectivity index (χ1) is 14.0. The molecule has 1 aliphatic heterocycles. The van der Waals surface area contributed by atoms with Gasteiger partial charge in [0.05, 0.1) is 18.4 Å². The van der Waals surface area contributed by atoms with Crippen LogP contribution in [0.25, 0.3) is 0 Å². The monoisotopic (exact) mass is 531 g/mol. The van der Waals surface area contributed by atoms with Crippen LogP contribution in [-0.2, 0) is 9.59 Å². The van der Waals surface area contributed by atoms with Crippen LogP contribution in [0.4, 0.5) is 0 Å². The van der Waals surface area contributed by atoms with E-state index in [2.05, 4.69) is 48.5 Å².